The molecule has 7 nitrogen and oxygen atoms in total. The first kappa shape index (κ1) is 33.6. The number of unbranched alkanes of at least 4 members (excludes halogenated alkanes) is 16. The van der Waals surface area contributed by atoms with Crippen LogP contribution in [0.5, 0.6) is 0 Å². The van der Waals surface area contributed by atoms with E-state index in [9.17, 15) is 22.6 Å². The summed E-state index contributed by atoms with van der Waals surface area (Å²) >= 11 is 0. The molecule has 0 spiro atoms. The molecular weight excluding hydrogens is 468 g/mol. The second-order valence-corrected chi connectivity index (χ2v) is 11.2. The fourth-order valence-corrected chi connectivity index (χ4v) is 5.38. The molecule has 0 aliphatic carbocycles. The summed E-state index contributed by atoms with van der Waals surface area (Å²) in [5, 5.41) is 7.40. The molecule has 2 N–H and O–H groups in total. The van der Waals surface area contributed by atoms with Crippen LogP contribution in [0.1, 0.15) is 136 Å². The molecule has 0 amide bonds. The second-order valence-electron chi connectivity index (χ2n) is 9.55. The maximum absolute atomic E-state index is 11.8. The van der Waals surface area contributed by atoms with Crippen molar-refractivity contribution in [3.8, 4) is 0 Å². The van der Waals surface area contributed by atoms with Crippen molar-refractivity contribution >= 4 is 22.1 Å². The Morgan fingerprint density at radius 2 is 1.11 bits per heavy atom. The molecule has 0 aliphatic heterocycles. The number of esters is 1. The van der Waals surface area contributed by atoms with E-state index in [2.05, 4.69) is 6.92 Å². The predicted molar refractivity (Wildman–Crippen MR) is 141 cm³/mol. The minimum atomic E-state index is -4.38. The summed E-state index contributed by atoms with van der Waals surface area (Å²) < 4.78 is 38.0. The van der Waals surface area contributed by atoms with Gasteiger partial charge in [-0.2, -0.15) is 8.42 Å². The van der Waals surface area contributed by atoms with Crippen molar-refractivity contribution in [3.05, 3.63) is 12.2 Å². The second kappa shape index (κ2) is 21.8. The quantitative estimate of drug-likeness (QED) is 0.0598. The van der Waals surface area contributed by atoms with Crippen LogP contribution in [-0.4, -0.2) is 41.4 Å². The molecule has 8 heteroatoms. The van der Waals surface area contributed by atoms with Gasteiger partial charge in [-0.15, -0.1) is 0 Å². The Morgan fingerprint density at radius 3 is 1.46 bits per heavy atom. The van der Waals surface area contributed by atoms with E-state index in [0.717, 1.165) is 25.3 Å². The molecule has 0 bridgehead atoms. The molecule has 0 aliphatic rings. The van der Waals surface area contributed by atoms with E-state index in [4.69, 9.17) is 9.84 Å². The Labute approximate surface area is 213 Å². The van der Waals surface area contributed by atoms with Crippen LogP contribution in [0.4, 0.5) is 0 Å². The lowest BCUT2D eigenvalue weighted by Crippen LogP contribution is -2.36. The molecule has 206 valence electrons. The average Bonchev–Trinajstić information content (AvgIpc) is 2.79. The van der Waals surface area contributed by atoms with Crippen molar-refractivity contribution in [2.75, 3.05) is 0 Å². The van der Waals surface area contributed by atoms with Gasteiger partial charge in [0.05, 0.1) is 0 Å². The SMILES string of the molecule is CCCCCCCCCCCCCCCCCCCC(OC(=O)C=CC(=O)O)C(CC)S(=O)(=O)O. The monoisotopic (exact) mass is 518 g/mol. The molecule has 0 aromatic carbocycles. The van der Waals surface area contributed by atoms with Crippen molar-refractivity contribution in [1.82, 2.24) is 0 Å². The summed E-state index contributed by atoms with van der Waals surface area (Å²) in [4.78, 5) is 22.4. The van der Waals surface area contributed by atoms with Crippen molar-refractivity contribution in [2.24, 2.45) is 0 Å². The van der Waals surface area contributed by atoms with Crippen LogP contribution in [0, 0.1) is 0 Å². The highest BCUT2D eigenvalue weighted by atomic mass is 32.2. The normalized spacial score (nSPS) is 13.7. The highest BCUT2D eigenvalue weighted by Crippen LogP contribution is 2.20. The van der Waals surface area contributed by atoms with Crippen molar-refractivity contribution in [3.63, 3.8) is 0 Å². The van der Waals surface area contributed by atoms with Crippen LogP contribution in [-0.2, 0) is 24.4 Å². The van der Waals surface area contributed by atoms with Gasteiger partial charge in [0.1, 0.15) is 11.4 Å². The number of carbonyl (C=O) groups is 2. The van der Waals surface area contributed by atoms with E-state index in [1.807, 2.05) is 0 Å². The fraction of sp³-hybridized carbons (Fsp3) is 0.852. The third kappa shape index (κ3) is 20.5. The molecule has 0 heterocycles. The Bertz CT molecular complexity index is 673. The fourth-order valence-electron chi connectivity index (χ4n) is 4.38. The highest BCUT2D eigenvalue weighted by Gasteiger charge is 2.33. The molecule has 0 saturated carbocycles. The molecule has 0 radical (unpaired) electrons. The van der Waals surface area contributed by atoms with Crippen LogP contribution in [0.3, 0.4) is 0 Å². The van der Waals surface area contributed by atoms with E-state index < -0.39 is 33.4 Å². The summed E-state index contributed by atoms with van der Waals surface area (Å²) in [6.07, 6.45) is 21.8. The smallest absolute Gasteiger partial charge is 0.331 e. The molecule has 0 saturated heterocycles. The van der Waals surface area contributed by atoms with Gasteiger partial charge in [-0.3, -0.25) is 4.55 Å². The maximum Gasteiger partial charge on any atom is 0.331 e. The summed E-state index contributed by atoms with van der Waals surface area (Å²) in [6.45, 7) is 3.85. The Hall–Kier alpha value is -1.41. The van der Waals surface area contributed by atoms with Gasteiger partial charge in [0.2, 0.25) is 0 Å². The minimum Gasteiger partial charge on any atom is -0.478 e. The average molecular weight is 519 g/mol. The summed E-state index contributed by atoms with van der Waals surface area (Å²) in [6, 6.07) is 0. The maximum atomic E-state index is 11.8. The number of carboxylic acids is 1. The zero-order valence-corrected chi connectivity index (χ0v) is 22.9. The molecular formula is C27H50O7S. The number of aliphatic carboxylic acids is 1. The van der Waals surface area contributed by atoms with Crippen molar-refractivity contribution in [2.45, 2.75) is 147 Å². The molecule has 35 heavy (non-hydrogen) atoms. The Morgan fingerprint density at radius 1 is 0.714 bits per heavy atom. The summed E-state index contributed by atoms with van der Waals surface area (Å²) in [5.41, 5.74) is 0. The van der Waals surface area contributed by atoms with Gasteiger partial charge in [-0.25, -0.2) is 9.59 Å². The number of hydrogen-bond donors (Lipinski definition) is 2. The number of ether oxygens (including phenoxy) is 1. The Kier molecular flexibility index (Phi) is 21.0. The van der Waals surface area contributed by atoms with E-state index in [1.54, 1.807) is 6.92 Å². The van der Waals surface area contributed by atoms with Crippen molar-refractivity contribution in [1.29, 1.82) is 0 Å². The van der Waals surface area contributed by atoms with Crippen LogP contribution < -0.4 is 0 Å². The number of rotatable bonds is 24. The standard InChI is InChI=1S/C27H50O7S/c1-3-5-6-7-8-9-10-11-12-13-14-15-16-17-18-19-20-21-24(25(4-2)35(31,32)33)34-27(30)23-22-26(28)29/h22-25H,3-21H2,1-2H3,(H,28,29)(H,31,32,33). The predicted octanol–water partition coefficient (Wildman–Crippen LogP) is 7.25. The van der Waals surface area contributed by atoms with Gasteiger partial charge in [0.25, 0.3) is 10.1 Å². The van der Waals surface area contributed by atoms with Gasteiger partial charge < -0.3 is 9.84 Å². The van der Waals surface area contributed by atoms with E-state index >= 15 is 0 Å². The summed E-state index contributed by atoms with van der Waals surface area (Å²) in [5.74, 6) is -2.22. The lowest BCUT2D eigenvalue weighted by atomic mass is 10.0. The number of hydrogen-bond acceptors (Lipinski definition) is 5. The first-order valence-electron chi connectivity index (χ1n) is 13.8. The highest BCUT2D eigenvalue weighted by molar-refractivity contribution is 7.86. The first-order chi connectivity index (χ1) is 16.7. The lowest BCUT2D eigenvalue weighted by Gasteiger charge is -2.23. The number of carbonyl (C=O) groups excluding carboxylic acids is 1. The van der Waals surface area contributed by atoms with Gasteiger partial charge in [-0.1, -0.05) is 117 Å². The minimum absolute atomic E-state index is 0.0956. The summed E-state index contributed by atoms with van der Waals surface area (Å²) in [7, 11) is -4.38. The van der Waals surface area contributed by atoms with E-state index in [-0.39, 0.29) is 6.42 Å². The van der Waals surface area contributed by atoms with Crippen LogP contribution in [0.15, 0.2) is 12.2 Å². The first-order valence-corrected chi connectivity index (χ1v) is 15.3. The zero-order chi connectivity index (χ0) is 26.4. The molecule has 0 aromatic heterocycles. The van der Waals surface area contributed by atoms with Crippen LogP contribution in [0.2, 0.25) is 0 Å². The van der Waals surface area contributed by atoms with Gasteiger partial charge in [-0.05, 0) is 19.3 Å². The Balaban J connectivity index is 3.96. The zero-order valence-electron chi connectivity index (χ0n) is 22.1. The van der Waals surface area contributed by atoms with Crippen molar-refractivity contribution < 1.29 is 32.4 Å². The molecule has 0 rings (SSSR count). The third-order valence-corrected chi connectivity index (χ3v) is 7.82. The third-order valence-electron chi connectivity index (χ3n) is 6.42. The van der Waals surface area contributed by atoms with E-state index in [0.29, 0.717) is 18.9 Å². The van der Waals surface area contributed by atoms with E-state index in [1.165, 1.54) is 83.5 Å². The van der Waals surface area contributed by atoms with Gasteiger partial charge >= 0.3 is 11.9 Å². The largest absolute Gasteiger partial charge is 0.478 e. The van der Waals surface area contributed by atoms with Gasteiger partial charge in [0.15, 0.2) is 0 Å². The lowest BCUT2D eigenvalue weighted by molar-refractivity contribution is -0.144. The molecule has 2 atom stereocenters. The molecule has 0 fully saturated rings. The topological polar surface area (TPSA) is 118 Å². The van der Waals surface area contributed by atoms with Crippen LogP contribution >= 0.6 is 0 Å². The molecule has 2 unspecified atom stereocenters. The molecule has 0 aromatic rings. The van der Waals surface area contributed by atoms with Gasteiger partial charge in [0, 0.05) is 12.2 Å². The van der Waals surface area contributed by atoms with Crippen LogP contribution in [0.25, 0.3) is 0 Å². The number of carboxylic acid groups (broad SMARTS) is 1.